The van der Waals surface area contributed by atoms with Gasteiger partial charge < -0.3 is 10.1 Å². The number of hydrogen-bond acceptors (Lipinski definition) is 5. The Bertz CT molecular complexity index is 733. The molecule has 5 nitrogen and oxygen atoms in total. The summed E-state index contributed by atoms with van der Waals surface area (Å²) in [4.78, 5) is 29.1. The Morgan fingerprint density at radius 3 is 2.61 bits per heavy atom. The van der Waals surface area contributed by atoms with E-state index in [2.05, 4.69) is 10.3 Å². The zero-order valence-electron chi connectivity index (χ0n) is 13.1. The SMILES string of the molecule is CCOC(=O)c1ccc(NC(=O)c2sc(C3CC3)nc2C)cc1. The summed E-state index contributed by atoms with van der Waals surface area (Å²) >= 11 is 1.47. The fourth-order valence-electron chi connectivity index (χ4n) is 2.22. The molecule has 1 amide bonds. The summed E-state index contributed by atoms with van der Waals surface area (Å²) in [6, 6.07) is 6.68. The number of esters is 1. The van der Waals surface area contributed by atoms with Crippen molar-refractivity contribution in [2.45, 2.75) is 32.6 Å². The van der Waals surface area contributed by atoms with Crippen LogP contribution in [0.25, 0.3) is 0 Å². The smallest absolute Gasteiger partial charge is 0.338 e. The van der Waals surface area contributed by atoms with E-state index in [4.69, 9.17) is 4.74 Å². The zero-order chi connectivity index (χ0) is 16.4. The van der Waals surface area contributed by atoms with Gasteiger partial charge >= 0.3 is 5.97 Å². The van der Waals surface area contributed by atoms with Crippen molar-refractivity contribution in [2.24, 2.45) is 0 Å². The summed E-state index contributed by atoms with van der Waals surface area (Å²) in [5.41, 5.74) is 1.89. The molecule has 1 saturated carbocycles. The molecule has 2 aromatic rings. The van der Waals surface area contributed by atoms with Crippen molar-refractivity contribution in [2.75, 3.05) is 11.9 Å². The first-order valence-corrected chi connectivity index (χ1v) is 8.46. The molecule has 1 heterocycles. The molecule has 1 fully saturated rings. The number of aryl methyl sites for hydroxylation is 1. The maximum Gasteiger partial charge on any atom is 0.338 e. The number of hydrogen-bond donors (Lipinski definition) is 1. The van der Waals surface area contributed by atoms with E-state index in [1.165, 1.54) is 24.2 Å². The number of amides is 1. The molecular formula is C17H18N2O3S. The molecule has 0 saturated heterocycles. The van der Waals surface area contributed by atoms with Crippen molar-refractivity contribution < 1.29 is 14.3 Å². The molecule has 1 aromatic carbocycles. The van der Waals surface area contributed by atoms with Crippen LogP contribution in [0.3, 0.4) is 0 Å². The Balaban J connectivity index is 1.69. The van der Waals surface area contributed by atoms with Gasteiger partial charge in [0.05, 0.1) is 22.9 Å². The van der Waals surface area contributed by atoms with Crippen molar-refractivity contribution in [3.8, 4) is 0 Å². The second-order valence-electron chi connectivity index (χ2n) is 5.49. The van der Waals surface area contributed by atoms with E-state index in [0.717, 1.165) is 10.7 Å². The highest BCUT2D eigenvalue weighted by atomic mass is 32.1. The first-order chi connectivity index (χ1) is 11.1. The Labute approximate surface area is 138 Å². The van der Waals surface area contributed by atoms with Gasteiger partial charge in [-0.25, -0.2) is 9.78 Å². The fourth-order valence-corrected chi connectivity index (χ4v) is 3.36. The van der Waals surface area contributed by atoms with Gasteiger partial charge in [0, 0.05) is 11.6 Å². The molecule has 0 radical (unpaired) electrons. The number of rotatable bonds is 5. The van der Waals surface area contributed by atoms with Crippen molar-refractivity contribution in [1.29, 1.82) is 0 Å². The summed E-state index contributed by atoms with van der Waals surface area (Å²) in [7, 11) is 0. The van der Waals surface area contributed by atoms with E-state index in [1.54, 1.807) is 31.2 Å². The maximum absolute atomic E-state index is 12.4. The third-order valence-corrected chi connectivity index (χ3v) is 4.92. The third-order valence-electron chi connectivity index (χ3n) is 3.60. The summed E-state index contributed by atoms with van der Waals surface area (Å²) in [6.45, 7) is 3.96. The summed E-state index contributed by atoms with van der Waals surface area (Å²) < 4.78 is 4.93. The lowest BCUT2D eigenvalue weighted by Crippen LogP contribution is -2.12. The van der Waals surface area contributed by atoms with Gasteiger partial charge in [0.2, 0.25) is 0 Å². The Kier molecular flexibility index (Phi) is 4.43. The Morgan fingerprint density at radius 2 is 2.00 bits per heavy atom. The fraction of sp³-hybridized carbons (Fsp3) is 0.353. The molecule has 0 spiro atoms. The molecule has 1 aromatic heterocycles. The molecule has 3 rings (SSSR count). The van der Waals surface area contributed by atoms with Crippen LogP contribution in [0.4, 0.5) is 5.69 Å². The van der Waals surface area contributed by atoms with Crippen LogP contribution in [-0.4, -0.2) is 23.5 Å². The van der Waals surface area contributed by atoms with Crippen molar-refractivity contribution in [3.63, 3.8) is 0 Å². The molecule has 0 unspecified atom stereocenters. The molecular weight excluding hydrogens is 312 g/mol. The lowest BCUT2D eigenvalue weighted by molar-refractivity contribution is 0.0526. The summed E-state index contributed by atoms with van der Waals surface area (Å²) in [5, 5.41) is 3.91. The van der Waals surface area contributed by atoms with Crippen molar-refractivity contribution in [3.05, 3.63) is 45.4 Å². The van der Waals surface area contributed by atoms with Crippen LogP contribution in [0, 0.1) is 6.92 Å². The third kappa shape index (κ3) is 3.59. The molecule has 0 bridgehead atoms. The van der Waals surface area contributed by atoms with Crippen LogP contribution in [0.15, 0.2) is 24.3 Å². The number of carbonyl (C=O) groups is 2. The predicted octanol–water partition coefficient (Wildman–Crippen LogP) is 3.76. The topological polar surface area (TPSA) is 68.3 Å². The highest BCUT2D eigenvalue weighted by Gasteiger charge is 2.29. The van der Waals surface area contributed by atoms with Gasteiger partial charge in [0.1, 0.15) is 4.88 Å². The van der Waals surface area contributed by atoms with E-state index in [-0.39, 0.29) is 11.9 Å². The highest BCUT2D eigenvalue weighted by molar-refractivity contribution is 7.14. The molecule has 1 aliphatic rings. The summed E-state index contributed by atoms with van der Waals surface area (Å²) in [5.74, 6) is 0.0256. The molecule has 23 heavy (non-hydrogen) atoms. The number of carbonyl (C=O) groups excluding carboxylic acids is 2. The largest absolute Gasteiger partial charge is 0.462 e. The van der Waals surface area contributed by atoms with Gasteiger partial charge in [-0.1, -0.05) is 0 Å². The monoisotopic (exact) mass is 330 g/mol. The number of nitrogens with zero attached hydrogens (tertiary/aromatic N) is 1. The van der Waals surface area contributed by atoms with Gasteiger partial charge in [-0.05, 0) is 51.0 Å². The molecule has 6 heteroatoms. The molecule has 120 valence electrons. The van der Waals surface area contributed by atoms with E-state index in [9.17, 15) is 9.59 Å². The van der Waals surface area contributed by atoms with Gasteiger partial charge in [-0.15, -0.1) is 11.3 Å². The van der Waals surface area contributed by atoms with Gasteiger partial charge in [0.25, 0.3) is 5.91 Å². The number of ether oxygens (including phenoxy) is 1. The minimum absolute atomic E-state index is 0.157. The number of thiazole rings is 1. The normalized spacial score (nSPS) is 13.7. The molecule has 0 aliphatic heterocycles. The number of aromatic nitrogens is 1. The van der Waals surface area contributed by atoms with Crippen molar-refractivity contribution in [1.82, 2.24) is 4.98 Å². The second kappa shape index (κ2) is 6.50. The number of nitrogens with one attached hydrogen (secondary N) is 1. The molecule has 1 aliphatic carbocycles. The van der Waals surface area contributed by atoms with Crippen LogP contribution in [0.2, 0.25) is 0 Å². The van der Waals surface area contributed by atoms with Crippen LogP contribution < -0.4 is 5.32 Å². The number of benzene rings is 1. The van der Waals surface area contributed by atoms with Gasteiger partial charge in [-0.3, -0.25) is 4.79 Å². The quantitative estimate of drug-likeness (QED) is 0.848. The average molecular weight is 330 g/mol. The van der Waals surface area contributed by atoms with Crippen molar-refractivity contribution >= 4 is 28.9 Å². The second-order valence-corrected chi connectivity index (χ2v) is 6.52. The first-order valence-electron chi connectivity index (χ1n) is 7.64. The Hall–Kier alpha value is -2.21. The molecule has 1 N–H and O–H groups in total. The minimum atomic E-state index is -0.363. The van der Waals surface area contributed by atoms with E-state index in [0.29, 0.717) is 28.7 Å². The van der Waals surface area contributed by atoms with Crippen LogP contribution in [0.1, 0.15) is 56.4 Å². The Morgan fingerprint density at radius 1 is 1.30 bits per heavy atom. The molecule has 0 atom stereocenters. The highest BCUT2D eigenvalue weighted by Crippen LogP contribution is 2.42. The van der Waals surface area contributed by atoms with Gasteiger partial charge in [-0.2, -0.15) is 0 Å². The van der Waals surface area contributed by atoms with Crippen LogP contribution >= 0.6 is 11.3 Å². The van der Waals surface area contributed by atoms with Crippen LogP contribution in [-0.2, 0) is 4.74 Å². The predicted molar refractivity (Wildman–Crippen MR) is 89.2 cm³/mol. The van der Waals surface area contributed by atoms with E-state index >= 15 is 0 Å². The first kappa shape index (κ1) is 15.7. The van der Waals surface area contributed by atoms with E-state index in [1.807, 2.05) is 6.92 Å². The standard InChI is InChI=1S/C17H18N2O3S/c1-3-22-17(21)12-6-8-13(9-7-12)19-15(20)14-10(2)18-16(23-14)11-4-5-11/h6-9,11H,3-5H2,1-2H3,(H,19,20). The summed E-state index contributed by atoms with van der Waals surface area (Å²) in [6.07, 6.45) is 2.34. The van der Waals surface area contributed by atoms with Crippen LogP contribution in [0.5, 0.6) is 0 Å². The lowest BCUT2D eigenvalue weighted by atomic mass is 10.2. The van der Waals surface area contributed by atoms with Gasteiger partial charge in [0.15, 0.2) is 0 Å². The maximum atomic E-state index is 12.4. The number of anilines is 1. The lowest BCUT2D eigenvalue weighted by Gasteiger charge is -2.05. The minimum Gasteiger partial charge on any atom is -0.462 e. The van der Waals surface area contributed by atoms with E-state index < -0.39 is 0 Å². The average Bonchev–Trinajstić information content (AvgIpc) is 3.31. The zero-order valence-corrected chi connectivity index (χ0v) is 13.9.